The molecule has 1 heterocycles. The summed E-state index contributed by atoms with van der Waals surface area (Å²) in [6, 6.07) is 18.7. The Morgan fingerprint density at radius 1 is 1.04 bits per heavy atom. The molecule has 4 nitrogen and oxygen atoms in total. The minimum absolute atomic E-state index is 0.0703. The standard InChI is InChI=1S/C23H27N3OS/c1-16(2)20-11-9-19(10-12-20)15-25-22(27)21-17(3)26-23(28-21)24-14-13-18-7-5-4-6-8-18/h4-12,16H,13-15H2,1-3H3,(H,24,26)(H,25,27). The molecule has 1 aromatic heterocycles. The fourth-order valence-electron chi connectivity index (χ4n) is 2.92. The smallest absolute Gasteiger partial charge is 0.263 e. The molecule has 1 amide bonds. The van der Waals surface area contributed by atoms with Gasteiger partial charge in [0, 0.05) is 13.1 Å². The number of nitrogens with zero attached hydrogens (tertiary/aromatic N) is 1. The zero-order valence-corrected chi connectivity index (χ0v) is 17.5. The van der Waals surface area contributed by atoms with Crippen LogP contribution in [0.1, 0.15) is 51.8 Å². The van der Waals surface area contributed by atoms with Crippen LogP contribution in [0.3, 0.4) is 0 Å². The molecule has 0 atom stereocenters. The largest absolute Gasteiger partial charge is 0.361 e. The first kappa shape index (κ1) is 20.1. The van der Waals surface area contributed by atoms with Gasteiger partial charge < -0.3 is 10.6 Å². The van der Waals surface area contributed by atoms with Crippen LogP contribution in [0.15, 0.2) is 54.6 Å². The number of thiazole rings is 1. The Hall–Kier alpha value is -2.66. The average molecular weight is 394 g/mol. The number of anilines is 1. The SMILES string of the molecule is Cc1nc(NCCc2ccccc2)sc1C(=O)NCc1ccc(C(C)C)cc1. The Labute approximate surface area is 171 Å². The molecule has 0 saturated carbocycles. The second-order valence-electron chi connectivity index (χ2n) is 7.17. The van der Waals surface area contributed by atoms with Gasteiger partial charge in [0.2, 0.25) is 0 Å². The van der Waals surface area contributed by atoms with Gasteiger partial charge in [0.15, 0.2) is 5.13 Å². The van der Waals surface area contributed by atoms with Crippen molar-refractivity contribution in [1.29, 1.82) is 0 Å². The summed E-state index contributed by atoms with van der Waals surface area (Å²) < 4.78 is 0. The normalized spacial score (nSPS) is 10.9. The van der Waals surface area contributed by atoms with Crippen molar-refractivity contribution >= 4 is 22.4 Å². The lowest BCUT2D eigenvalue weighted by Gasteiger charge is -2.08. The number of hydrogen-bond acceptors (Lipinski definition) is 4. The predicted octanol–water partition coefficient (Wildman–Crippen LogP) is 5.16. The van der Waals surface area contributed by atoms with Crippen molar-refractivity contribution in [3.8, 4) is 0 Å². The van der Waals surface area contributed by atoms with Crippen molar-refractivity contribution in [2.24, 2.45) is 0 Å². The zero-order valence-electron chi connectivity index (χ0n) is 16.7. The quantitative estimate of drug-likeness (QED) is 0.556. The number of aromatic nitrogens is 1. The maximum absolute atomic E-state index is 12.6. The topological polar surface area (TPSA) is 54.0 Å². The van der Waals surface area contributed by atoms with E-state index in [0.717, 1.165) is 29.4 Å². The Bertz CT molecular complexity index is 901. The molecule has 0 bridgehead atoms. The van der Waals surface area contributed by atoms with Gasteiger partial charge in [-0.05, 0) is 36.0 Å². The number of carbonyl (C=O) groups excluding carboxylic acids is 1. The molecule has 5 heteroatoms. The van der Waals surface area contributed by atoms with Gasteiger partial charge >= 0.3 is 0 Å². The minimum atomic E-state index is -0.0703. The molecule has 3 rings (SSSR count). The Kier molecular flexibility index (Phi) is 6.82. The van der Waals surface area contributed by atoms with Crippen LogP contribution >= 0.6 is 11.3 Å². The molecule has 3 aromatic rings. The van der Waals surface area contributed by atoms with Crippen LogP contribution in [-0.4, -0.2) is 17.4 Å². The highest BCUT2D eigenvalue weighted by molar-refractivity contribution is 7.17. The summed E-state index contributed by atoms with van der Waals surface area (Å²) in [6.45, 7) is 7.54. The molecule has 0 fully saturated rings. The summed E-state index contributed by atoms with van der Waals surface area (Å²) in [5, 5.41) is 7.12. The predicted molar refractivity (Wildman–Crippen MR) is 117 cm³/mol. The van der Waals surface area contributed by atoms with E-state index in [1.54, 1.807) is 0 Å². The highest BCUT2D eigenvalue weighted by Crippen LogP contribution is 2.22. The highest BCUT2D eigenvalue weighted by Gasteiger charge is 2.15. The van der Waals surface area contributed by atoms with Crippen molar-refractivity contribution in [3.05, 3.63) is 81.9 Å². The fourth-order valence-corrected chi connectivity index (χ4v) is 3.83. The minimum Gasteiger partial charge on any atom is -0.361 e. The maximum atomic E-state index is 12.6. The Balaban J connectivity index is 1.52. The van der Waals surface area contributed by atoms with E-state index in [-0.39, 0.29) is 5.91 Å². The molecule has 0 aliphatic heterocycles. The molecule has 0 aliphatic carbocycles. The van der Waals surface area contributed by atoms with Crippen LogP contribution in [0.2, 0.25) is 0 Å². The number of amides is 1. The first-order valence-electron chi connectivity index (χ1n) is 9.65. The van der Waals surface area contributed by atoms with Crippen LogP contribution in [0.4, 0.5) is 5.13 Å². The molecule has 0 unspecified atom stereocenters. The first-order valence-corrected chi connectivity index (χ1v) is 10.5. The van der Waals surface area contributed by atoms with E-state index in [0.29, 0.717) is 17.3 Å². The van der Waals surface area contributed by atoms with E-state index < -0.39 is 0 Å². The van der Waals surface area contributed by atoms with Crippen LogP contribution in [0, 0.1) is 6.92 Å². The van der Waals surface area contributed by atoms with E-state index in [9.17, 15) is 4.79 Å². The van der Waals surface area contributed by atoms with Gasteiger partial charge in [0.1, 0.15) is 4.88 Å². The molecule has 0 spiro atoms. The summed E-state index contributed by atoms with van der Waals surface area (Å²) in [4.78, 5) is 17.7. The van der Waals surface area contributed by atoms with E-state index in [2.05, 4.69) is 65.9 Å². The van der Waals surface area contributed by atoms with E-state index in [4.69, 9.17) is 0 Å². The number of carbonyl (C=O) groups is 1. The van der Waals surface area contributed by atoms with Crippen LogP contribution in [0.25, 0.3) is 0 Å². The lowest BCUT2D eigenvalue weighted by Crippen LogP contribution is -2.22. The third-order valence-electron chi connectivity index (χ3n) is 4.64. The summed E-state index contributed by atoms with van der Waals surface area (Å²) in [5.74, 6) is 0.440. The first-order chi connectivity index (χ1) is 13.5. The van der Waals surface area contributed by atoms with Gasteiger partial charge in [-0.15, -0.1) is 0 Å². The lowest BCUT2D eigenvalue weighted by atomic mass is 10.0. The van der Waals surface area contributed by atoms with Crippen molar-refractivity contribution < 1.29 is 4.79 Å². The van der Waals surface area contributed by atoms with Gasteiger partial charge in [0.25, 0.3) is 5.91 Å². The number of aryl methyl sites for hydroxylation is 1. The number of benzene rings is 2. The molecule has 0 aliphatic rings. The molecule has 2 N–H and O–H groups in total. The molecule has 146 valence electrons. The van der Waals surface area contributed by atoms with Gasteiger partial charge in [-0.25, -0.2) is 4.98 Å². The third-order valence-corrected chi connectivity index (χ3v) is 5.75. The summed E-state index contributed by atoms with van der Waals surface area (Å²) in [7, 11) is 0. The summed E-state index contributed by atoms with van der Waals surface area (Å²) >= 11 is 1.41. The van der Waals surface area contributed by atoms with Crippen LogP contribution in [-0.2, 0) is 13.0 Å². The highest BCUT2D eigenvalue weighted by atomic mass is 32.1. The van der Waals surface area contributed by atoms with Crippen molar-refractivity contribution in [2.75, 3.05) is 11.9 Å². The third kappa shape index (κ3) is 5.42. The number of rotatable bonds is 8. The van der Waals surface area contributed by atoms with E-state index in [1.165, 1.54) is 22.5 Å². The summed E-state index contributed by atoms with van der Waals surface area (Å²) in [6.07, 6.45) is 0.924. The molecule has 0 saturated heterocycles. The fraction of sp³-hybridized carbons (Fsp3) is 0.304. The zero-order chi connectivity index (χ0) is 19.9. The monoisotopic (exact) mass is 393 g/mol. The second-order valence-corrected chi connectivity index (χ2v) is 8.17. The van der Waals surface area contributed by atoms with Crippen molar-refractivity contribution in [3.63, 3.8) is 0 Å². The van der Waals surface area contributed by atoms with Gasteiger partial charge in [0.05, 0.1) is 5.69 Å². The van der Waals surface area contributed by atoms with Crippen LogP contribution < -0.4 is 10.6 Å². The number of hydrogen-bond donors (Lipinski definition) is 2. The molecule has 2 aromatic carbocycles. The average Bonchev–Trinajstić information content (AvgIpc) is 3.08. The molecule has 0 radical (unpaired) electrons. The molecule has 28 heavy (non-hydrogen) atoms. The van der Waals surface area contributed by atoms with Gasteiger partial charge in [-0.1, -0.05) is 79.8 Å². The van der Waals surface area contributed by atoms with E-state index >= 15 is 0 Å². The molecular weight excluding hydrogens is 366 g/mol. The van der Waals surface area contributed by atoms with Crippen molar-refractivity contribution in [2.45, 2.75) is 39.7 Å². The van der Waals surface area contributed by atoms with Gasteiger partial charge in [-0.2, -0.15) is 0 Å². The van der Waals surface area contributed by atoms with Crippen molar-refractivity contribution in [1.82, 2.24) is 10.3 Å². The Morgan fingerprint density at radius 2 is 1.75 bits per heavy atom. The second kappa shape index (κ2) is 9.51. The lowest BCUT2D eigenvalue weighted by molar-refractivity contribution is 0.0954. The maximum Gasteiger partial charge on any atom is 0.263 e. The van der Waals surface area contributed by atoms with E-state index in [1.807, 2.05) is 25.1 Å². The van der Waals surface area contributed by atoms with Crippen LogP contribution in [0.5, 0.6) is 0 Å². The number of nitrogens with one attached hydrogen (secondary N) is 2. The Morgan fingerprint density at radius 3 is 2.43 bits per heavy atom. The summed E-state index contributed by atoms with van der Waals surface area (Å²) in [5.41, 5.74) is 4.45. The molecular formula is C23H27N3OS. The van der Waals surface area contributed by atoms with Gasteiger partial charge in [-0.3, -0.25) is 4.79 Å².